The number of carbonyl (C=O) groups is 3. The predicted molar refractivity (Wildman–Crippen MR) is 126 cm³/mol. The number of carboxylic acids is 1. The SMILES string of the molecule is C=CCN(C(=O)[C@H]1N([C@@H](CO)CC(C)C)C(=O)[C@@H]2[C@@H](C(=O)O)[C@H]3CC[C@]21O3)c1ccc(Cl)cc1. The number of aliphatic carboxylic acids is 1. The summed E-state index contributed by atoms with van der Waals surface area (Å²) in [6.45, 7) is 7.56. The van der Waals surface area contributed by atoms with Crippen molar-refractivity contribution in [2.75, 3.05) is 18.1 Å². The highest BCUT2D eigenvalue weighted by Crippen LogP contribution is 2.59. The van der Waals surface area contributed by atoms with Crippen molar-refractivity contribution in [2.24, 2.45) is 17.8 Å². The number of halogens is 1. The average Bonchev–Trinajstić information content (AvgIpc) is 3.43. The molecule has 2 amide bonds. The predicted octanol–water partition coefficient (Wildman–Crippen LogP) is 2.73. The van der Waals surface area contributed by atoms with E-state index in [1.807, 2.05) is 13.8 Å². The molecule has 3 saturated heterocycles. The van der Waals surface area contributed by atoms with Crippen LogP contribution in [0.2, 0.25) is 5.02 Å². The molecule has 6 atom stereocenters. The first-order valence-electron chi connectivity index (χ1n) is 11.7. The number of ether oxygens (including phenoxy) is 1. The molecule has 2 bridgehead atoms. The number of carboxylic acid groups (broad SMARTS) is 1. The summed E-state index contributed by atoms with van der Waals surface area (Å²) in [7, 11) is 0. The van der Waals surface area contributed by atoms with Crippen LogP contribution in [0, 0.1) is 17.8 Å². The van der Waals surface area contributed by atoms with Gasteiger partial charge in [0.2, 0.25) is 5.91 Å². The second kappa shape index (κ2) is 9.32. The number of nitrogens with zero attached hydrogens (tertiary/aromatic N) is 2. The van der Waals surface area contributed by atoms with Gasteiger partial charge in [-0.25, -0.2) is 0 Å². The normalized spacial score (nSPS) is 30.5. The zero-order chi connectivity index (χ0) is 24.8. The van der Waals surface area contributed by atoms with E-state index in [-0.39, 0.29) is 25.0 Å². The molecule has 184 valence electrons. The third-order valence-corrected chi connectivity index (χ3v) is 7.57. The lowest BCUT2D eigenvalue weighted by molar-refractivity contribution is -0.151. The van der Waals surface area contributed by atoms with Gasteiger partial charge in [-0.1, -0.05) is 31.5 Å². The van der Waals surface area contributed by atoms with E-state index < -0.39 is 47.5 Å². The van der Waals surface area contributed by atoms with Crippen molar-refractivity contribution in [3.63, 3.8) is 0 Å². The first-order valence-corrected chi connectivity index (χ1v) is 12.1. The highest BCUT2D eigenvalue weighted by atomic mass is 35.5. The van der Waals surface area contributed by atoms with Gasteiger partial charge >= 0.3 is 5.97 Å². The Labute approximate surface area is 204 Å². The fourth-order valence-electron chi connectivity index (χ4n) is 6.09. The van der Waals surface area contributed by atoms with Crippen LogP contribution in [0.25, 0.3) is 0 Å². The minimum atomic E-state index is -1.24. The first-order chi connectivity index (χ1) is 16.2. The molecule has 0 radical (unpaired) electrons. The molecule has 3 aliphatic rings. The molecule has 4 rings (SSSR count). The molecule has 1 spiro atoms. The zero-order valence-corrected chi connectivity index (χ0v) is 20.1. The van der Waals surface area contributed by atoms with Gasteiger partial charge in [-0.05, 0) is 49.4 Å². The third-order valence-electron chi connectivity index (χ3n) is 7.32. The fraction of sp³-hybridized carbons (Fsp3) is 0.560. The summed E-state index contributed by atoms with van der Waals surface area (Å²) in [5, 5.41) is 20.7. The van der Waals surface area contributed by atoms with Crippen molar-refractivity contribution < 1.29 is 29.3 Å². The van der Waals surface area contributed by atoms with Crippen LogP contribution in [-0.4, -0.2) is 69.8 Å². The second-order valence-corrected chi connectivity index (χ2v) is 10.3. The number of amides is 2. The largest absolute Gasteiger partial charge is 0.481 e. The lowest BCUT2D eigenvalue weighted by atomic mass is 9.70. The Morgan fingerprint density at radius 3 is 2.59 bits per heavy atom. The van der Waals surface area contributed by atoms with Crippen LogP contribution in [-0.2, 0) is 19.1 Å². The number of rotatable bonds is 9. The highest BCUT2D eigenvalue weighted by molar-refractivity contribution is 6.30. The highest BCUT2D eigenvalue weighted by Gasteiger charge is 2.75. The maximum Gasteiger partial charge on any atom is 0.310 e. The average molecular weight is 491 g/mol. The summed E-state index contributed by atoms with van der Waals surface area (Å²) in [4.78, 5) is 43.1. The smallest absolute Gasteiger partial charge is 0.310 e. The number of anilines is 1. The summed E-state index contributed by atoms with van der Waals surface area (Å²) >= 11 is 6.04. The zero-order valence-electron chi connectivity index (χ0n) is 19.4. The van der Waals surface area contributed by atoms with Crippen molar-refractivity contribution in [2.45, 2.75) is 56.9 Å². The van der Waals surface area contributed by atoms with Gasteiger partial charge in [0.25, 0.3) is 5.91 Å². The van der Waals surface area contributed by atoms with Gasteiger partial charge in [0.05, 0.1) is 30.6 Å². The molecule has 0 aliphatic carbocycles. The van der Waals surface area contributed by atoms with E-state index in [1.54, 1.807) is 30.3 Å². The van der Waals surface area contributed by atoms with E-state index in [2.05, 4.69) is 6.58 Å². The Kier molecular flexibility index (Phi) is 6.77. The molecule has 3 aliphatic heterocycles. The number of carbonyl (C=O) groups excluding carboxylic acids is 2. The molecule has 3 heterocycles. The van der Waals surface area contributed by atoms with Crippen LogP contribution in [0.5, 0.6) is 0 Å². The number of benzene rings is 1. The summed E-state index contributed by atoms with van der Waals surface area (Å²) in [6.07, 6.45) is 2.33. The topological polar surface area (TPSA) is 107 Å². The third kappa shape index (κ3) is 3.82. The molecule has 0 aromatic heterocycles. The van der Waals surface area contributed by atoms with E-state index in [4.69, 9.17) is 16.3 Å². The Hall–Kier alpha value is -2.42. The second-order valence-electron chi connectivity index (χ2n) is 9.82. The lowest BCUT2D eigenvalue weighted by Gasteiger charge is -2.39. The number of hydrogen-bond donors (Lipinski definition) is 2. The standard InChI is InChI=1S/C25H31ClN2O6/c1-4-11-27(16-7-5-15(26)6-8-16)23(31)21-25-10-9-18(34-25)19(24(32)33)20(25)22(30)28(21)17(13-29)12-14(2)3/h4-8,14,17-21,29H,1,9-13H2,2-3H3,(H,32,33)/t17-,18-,19+,20+,21-,25+/m1/s1. The summed E-state index contributed by atoms with van der Waals surface area (Å²) in [6, 6.07) is 5.09. The van der Waals surface area contributed by atoms with Crippen molar-refractivity contribution in [1.29, 1.82) is 0 Å². The maximum atomic E-state index is 14.2. The first kappa shape index (κ1) is 24.7. The molecule has 1 aromatic rings. The molecule has 0 unspecified atom stereocenters. The molecule has 34 heavy (non-hydrogen) atoms. The molecule has 2 N–H and O–H groups in total. The molecule has 1 aromatic carbocycles. The van der Waals surface area contributed by atoms with Crippen molar-refractivity contribution in [3.8, 4) is 0 Å². The van der Waals surface area contributed by atoms with Crippen LogP contribution in [0.1, 0.15) is 33.1 Å². The maximum absolute atomic E-state index is 14.2. The molecule has 9 heteroatoms. The van der Waals surface area contributed by atoms with E-state index in [0.29, 0.717) is 30.0 Å². The Morgan fingerprint density at radius 2 is 2.03 bits per heavy atom. The number of aliphatic hydroxyl groups excluding tert-OH is 1. The summed E-state index contributed by atoms with van der Waals surface area (Å²) in [5.41, 5.74) is -0.661. The minimum absolute atomic E-state index is 0.145. The van der Waals surface area contributed by atoms with Crippen LogP contribution < -0.4 is 4.90 Å². The van der Waals surface area contributed by atoms with E-state index in [0.717, 1.165) is 0 Å². The monoisotopic (exact) mass is 490 g/mol. The lowest BCUT2D eigenvalue weighted by Crippen LogP contribution is -2.59. The van der Waals surface area contributed by atoms with Gasteiger partial charge in [-0.2, -0.15) is 0 Å². The van der Waals surface area contributed by atoms with Gasteiger partial charge in [0.15, 0.2) is 0 Å². The number of likely N-dealkylation sites (tertiary alicyclic amines) is 1. The van der Waals surface area contributed by atoms with Gasteiger partial charge in [0, 0.05) is 17.3 Å². The Morgan fingerprint density at radius 1 is 1.35 bits per heavy atom. The Balaban J connectivity index is 1.82. The molecule has 0 saturated carbocycles. The van der Waals surface area contributed by atoms with E-state index >= 15 is 0 Å². The Bertz CT molecular complexity index is 982. The number of fused-ring (bicyclic) bond motifs is 1. The van der Waals surface area contributed by atoms with Gasteiger partial charge in [-0.3, -0.25) is 14.4 Å². The van der Waals surface area contributed by atoms with Crippen molar-refractivity contribution >= 4 is 35.1 Å². The van der Waals surface area contributed by atoms with Crippen LogP contribution in [0.15, 0.2) is 36.9 Å². The quantitative estimate of drug-likeness (QED) is 0.515. The van der Waals surface area contributed by atoms with Crippen LogP contribution in [0.4, 0.5) is 5.69 Å². The van der Waals surface area contributed by atoms with Gasteiger partial charge in [0.1, 0.15) is 11.6 Å². The molecule has 8 nitrogen and oxygen atoms in total. The van der Waals surface area contributed by atoms with Crippen LogP contribution in [0.3, 0.4) is 0 Å². The van der Waals surface area contributed by atoms with E-state index in [9.17, 15) is 24.6 Å². The fourth-order valence-corrected chi connectivity index (χ4v) is 6.21. The summed E-state index contributed by atoms with van der Waals surface area (Å²) < 4.78 is 6.26. The van der Waals surface area contributed by atoms with Crippen molar-refractivity contribution in [1.82, 2.24) is 4.90 Å². The number of aliphatic hydroxyl groups is 1. The molecule has 3 fully saturated rings. The molecular formula is C25H31ClN2O6. The minimum Gasteiger partial charge on any atom is -0.481 e. The van der Waals surface area contributed by atoms with Gasteiger partial charge in [-0.15, -0.1) is 6.58 Å². The molecular weight excluding hydrogens is 460 g/mol. The summed E-state index contributed by atoms with van der Waals surface area (Å²) in [5.74, 6) is -3.73. The van der Waals surface area contributed by atoms with Crippen molar-refractivity contribution in [3.05, 3.63) is 41.9 Å². The number of hydrogen-bond acceptors (Lipinski definition) is 5. The van der Waals surface area contributed by atoms with Crippen LogP contribution >= 0.6 is 11.6 Å². The van der Waals surface area contributed by atoms with E-state index in [1.165, 1.54) is 9.80 Å². The van der Waals surface area contributed by atoms with Gasteiger partial charge < -0.3 is 24.7 Å².